The average molecular weight is 374 g/mol. The van der Waals surface area contributed by atoms with E-state index in [0.29, 0.717) is 30.0 Å². The van der Waals surface area contributed by atoms with E-state index < -0.39 is 12.0 Å². The van der Waals surface area contributed by atoms with Crippen molar-refractivity contribution in [1.82, 2.24) is 5.32 Å². The molecule has 0 aliphatic rings. The third-order valence-corrected chi connectivity index (χ3v) is 3.62. The lowest BCUT2D eigenvalue weighted by Crippen LogP contribution is -2.30. The zero-order chi connectivity index (χ0) is 19.8. The van der Waals surface area contributed by atoms with Gasteiger partial charge in [0.15, 0.2) is 0 Å². The first kappa shape index (κ1) is 20.2. The van der Waals surface area contributed by atoms with Crippen LogP contribution in [0.2, 0.25) is 0 Å². The lowest BCUT2D eigenvalue weighted by molar-refractivity contribution is 0.0600. The first-order valence-electron chi connectivity index (χ1n) is 8.57. The molecule has 2 N–H and O–H groups in total. The van der Waals surface area contributed by atoms with Crippen LogP contribution in [-0.2, 0) is 11.2 Å². The summed E-state index contributed by atoms with van der Waals surface area (Å²) >= 11 is 0. The molecule has 0 bridgehead atoms. The fourth-order valence-corrected chi connectivity index (χ4v) is 2.37. The van der Waals surface area contributed by atoms with Crippen LogP contribution in [0.1, 0.15) is 29.8 Å². The van der Waals surface area contributed by atoms with E-state index in [1.165, 1.54) is 25.3 Å². The molecule has 6 nitrogen and oxygen atoms in total. The van der Waals surface area contributed by atoms with Crippen LogP contribution in [0.3, 0.4) is 0 Å². The van der Waals surface area contributed by atoms with Crippen molar-refractivity contribution in [1.29, 1.82) is 0 Å². The number of methoxy groups -OCH3 is 1. The second-order valence-electron chi connectivity index (χ2n) is 6.13. The van der Waals surface area contributed by atoms with E-state index >= 15 is 0 Å². The molecular formula is C20H23FN2O4. The van der Waals surface area contributed by atoms with Crippen LogP contribution in [0.25, 0.3) is 0 Å². The molecule has 7 heteroatoms. The minimum absolute atomic E-state index is 0.101. The number of nitrogens with one attached hydrogen (secondary N) is 2. The minimum atomic E-state index is -0.508. The smallest absolute Gasteiger partial charge is 0.337 e. The van der Waals surface area contributed by atoms with E-state index in [9.17, 15) is 14.0 Å². The first-order valence-corrected chi connectivity index (χ1v) is 8.57. The van der Waals surface area contributed by atoms with Crippen molar-refractivity contribution < 1.29 is 23.5 Å². The van der Waals surface area contributed by atoms with E-state index in [-0.39, 0.29) is 11.9 Å². The van der Waals surface area contributed by atoms with E-state index in [1.54, 1.807) is 24.3 Å². The van der Waals surface area contributed by atoms with Gasteiger partial charge in [0.1, 0.15) is 11.6 Å². The Hall–Kier alpha value is -3.09. The van der Waals surface area contributed by atoms with Gasteiger partial charge in [-0.2, -0.15) is 0 Å². The van der Waals surface area contributed by atoms with Crippen LogP contribution in [0.5, 0.6) is 5.75 Å². The van der Waals surface area contributed by atoms with Gasteiger partial charge in [0.25, 0.3) is 0 Å². The summed E-state index contributed by atoms with van der Waals surface area (Å²) in [5.74, 6) is -0.357. The second-order valence-corrected chi connectivity index (χ2v) is 6.13. The maximum atomic E-state index is 12.9. The van der Waals surface area contributed by atoms with Crippen molar-refractivity contribution >= 4 is 17.7 Å². The molecule has 27 heavy (non-hydrogen) atoms. The molecule has 0 atom stereocenters. The molecule has 2 aromatic rings. The predicted molar refractivity (Wildman–Crippen MR) is 101 cm³/mol. The highest BCUT2D eigenvalue weighted by molar-refractivity contribution is 5.95. The lowest BCUT2D eigenvalue weighted by atomic mass is 10.1. The third-order valence-electron chi connectivity index (χ3n) is 3.62. The van der Waals surface area contributed by atoms with E-state index in [0.717, 1.165) is 5.56 Å². The molecular weight excluding hydrogens is 351 g/mol. The first-order chi connectivity index (χ1) is 12.9. The van der Waals surface area contributed by atoms with Gasteiger partial charge in [-0.1, -0.05) is 12.1 Å². The van der Waals surface area contributed by atoms with Crippen LogP contribution in [0, 0.1) is 5.82 Å². The minimum Gasteiger partial charge on any atom is -0.489 e. The van der Waals surface area contributed by atoms with Gasteiger partial charge >= 0.3 is 12.0 Å². The molecule has 2 amide bonds. The highest BCUT2D eigenvalue weighted by Crippen LogP contribution is 2.27. The summed E-state index contributed by atoms with van der Waals surface area (Å²) in [6.45, 7) is 4.09. The van der Waals surface area contributed by atoms with Gasteiger partial charge in [-0.3, -0.25) is 0 Å². The van der Waals surface area contributed by atoms with Crippen molar-refractivity contribution in [2.45, 2.75) is 26.4 Å². The molecule has 0 saturated carbocycles. The molecule has 0 fully saturated rings. The molecule has 2 aromatic carbocycles. The lowest BCUT2D eigenvalue weighted by Gasteiger charge is -2.16. The van der Waals surface area contributed by atoms with Crippen molar-refractivity contribution in [2.75, 3.05) is 19.0 Å². The fourth-order valence-electron chi connectivity index (χ4n) is 2.37. The van der Waals surface area contributed by atoms with Crippen LogP contribution >= 0.6 is 0 Å². The molecule has 2 rings (SSSR count). The Labute approximate surface area is 157 Å². The Morgan fingerprint density at radius 1 is 1.11 bits per heavy atom. The van der Waals surface area contributed by atoms with E-state index in [1.807, 2.05) is 13.8 Å². The average Bonchev–Trinajstić information content (AvgIpc) is 2.63. The van der Waals surface area contributed by atoms with Crippen LogP contribution in [-0.4, -0.2) is 31.8 Å². The normalized spacial score (nSPS) is 10.4. The fraction of sp³-hybridized carbons (Fsp3) is 0.300. The summed E-state index contributed by atoms with van der Waals surface area (Å²) in [5.41, 5.74) is 1.58. The van der Waals surface area contributed by atoms with E-state index in [4.69, 9.17) is 9.47 Å². The monoisotopic (exact) mass is 374 g/mol. The number of anilines is 1. The largest absolute Gasteiger partial charge is 0.489 e. The summed E-state index contributed by atoms with van der Waals surface area (Å²) < 4.78 is 23.3. The number of ether oxygens (including phenoxy) is 2. The van der Waals surface area contributed by atoms with Crippen LogP contribution in [0.4, 0.5) is 14.9 Å². The number of rotatable bonds is 7. The summed E-state index contributed by atoms with van der Waals surface area (Å²) in [4.78, 5) is 23.9. The summed E-state index contributed by atoms with van der Waals surface area (Å²) in [7, 11) is 1.29. The SMILES string of the molecule is COC(=O)c1ccc(OC(C)C)c(NC(=O)NCCc2ccc(F)cc2)c1. The van der Waals surface area contributed by atoms with Gasteiger partial charge in [-0.05, 0) is 56.2 Å². The van der Waals surface area contributed by atoms with Crippen molar-refractivity contribution in [3.8, 4) is 5.75 Å². The molecule has 0 saturated heterocycles. The van der Waals surface area contributed by atoms with Gasteiger partial charge in [-0.15, -0.1) is 0 Å². The van der Waals surface area contributed by atoms with E-state index in [2.05, 4.69) is 10.6 Å². The Morgan fingerprint density at radius 2 is 1.81 bits per heavy atom. The number of amides is 2. The van der Waals surface area contributed by atoms with Gasteiger partial charge < -0.3 is 20.1 Å². The summed E-state index contributed by atoms with van der Waals surface area (Å²) in [6, 6.07) is 10.3. The standard InChI is InChI=1S/C20H23FN2O4/c1-13(2)27-18-9-6-15(19(24)26-3)12-17(18)23-20(25)22-11-10-14-4-7-16(21)8-5-14/h4-9,12-13H,10-11H2,1-3H3,(H2,22,23,25). The molecule has 0 spiro atoms. The number of carbonyl (C=O) groups excluding carboxylic acids is 2. The van der Waals surface area contributed by atoms with Gasteiger partial charge in [0.05, 0.1) is 24.5 Å². The summed E-state index contributed by atoms with van der Waals surface area (Å²) in [5, 5.41) is 5.41. The molecule has 0 radical (unpaired) electrons. The maximum absolute atomic E-state index is 12.9. The Morgan fingerprint density at radius 3 is 2.44 bits per heavy atom. The zero-order valence-electron chi connectivity index (χ0n) is 15.5. The van der Waals surface area contributed by atoms with Crippen molar-refractivity contribution in [2.24, 2.45) is 0 Å². The number of halogens is 1. The van der Waals surface area contributed by atoms with Gasteiger partial charge in [0.2, 0.25) is 0 Å². The molecule has 0 aliphatic heterocycles. The number of esters is 1. The number of hydrogen-bond donors (Lipinski definition) is 2. The van der Waals surface area contributed by atoms with Crippen molar-refractivity contribution in [3.63, 3.8) is 0 Å². The topological polar surface area (TPSA) is 76.7 Å². The van der Waals surface area contributed by atoms with Crippen LogP contribution < -0.4 is 15.4 Å². The van der Waals surface area contributed by atoms with Gasteiger partial charge in [0, 0.05) is 6.54 Å². The summed E-state index contributed by atoms with van der Waals surface area (Å²) in [6.07, 6.45) is 0.460. The number of urea groups is 1. The Bertz CT molecular complexity index is 791. The second kappa shape index (κ2) is 9.56. The zero-order valence-corrected chi connectivity index (χ0v) is 15.5. The highest BCUT2D eigenvalue weighted by atomic mass is 19.1. The third kappa shape index (κ3) is 6.29. The molecule has 0 heterocycles. The number of hydrogen-bond acceptors (Lipinski definition) is 4. The molecule has 0 aliphatic carbocycles. The quantitative estimate of drug-likeness (QED) is 0.724. The Balaban J connectivity index is 2.01. The molecule has 0 aromatic heterocycles. The molecule has 0 unspecified atom stereocenters. The molecule has 144 valence electrons. The maximum Gasteiger partial charge on any atom is 0.337 e. The Kier molecular flexibility index (Phi) is 7.16. The van der Waals surface area contributed by atoms with Gasteiger partial charge in [-0.25, -0.2) is 14.0 Å². The van der Waals surface area contributed by atoms with Crippen molar-refractivity contribution in [3.05, 3.63) is 59.4 Å². The number of benzene rings is 2. The highest BCUT2D eigenvalue weighted by Gasteiger charge is 2.14. The predicted octanol–water partition coefficient (Wildman–Crippen LogP) is 3.76. The van der Waals surface area contributed by atoms with Crippen LogP contribution in [0.15, 0.2) is 42.5 Å². The number of carbonyl (C=O) groups is 2.